The molecule has 10 nitrogen and oxygen atoms in total. The normalized spacial score (nSPS) is 16.0. The number of nitrogens with two attached hydrogens (primary N) is 1. The van der Waals surface area contributed by atoms with Crippen LogP contribution in [0.4, 0.5) is 20.8 Å². The Morgan fingerprint density at radius 1 is 1.14 bits per heavy atom. The summed E-state index contributed by atoms with van der Waals surface area (Å²) in [5.74, 6) is -2.20. The number of ether oxygens (including phenoxy) is 1. The molecule has 0 radical (unpaired) electrons. The maximum Gasteiger partial charge on any atom is 0.345 e. The first-order valence-corrected chi connectivity index (χ1v) is 10.5. The number of hydrogen-bond donors (Lipinski definition) is 3. The molecule has 0 bridgehead atoms. The predicted molar refractivity (Wildman–Crippen MR) is 122 cm³/mol. The van der Waals surface area contributed by atoms with E-state index in [9.17, 15) is 18.8 Å². The molecule has 1 aromatic carbocycles. The van der Waals surface area contributed by atoms with Gasteiger partial charge in [0.1, 0.15) is 29.3 Å². The van der Waals surface area contributed by atoms with Crippen LogP contribution < -0.4 is 21.1 Å². The van der Waals surface area contributed by atoms with Gasteiger partial charge < -0.3 is 15.8 Å². The van der Waals surface area contributed by atoms with Crippen LogP contribution in [0.15, 0.2) is 48.8 Å². The number of hydrogen-bond acceptors (Lipinski definition) is 8. The molecule has 176 valence electrons. The number of aromatic nitrogens is 2. The number of benzene rings is 1. The number of carbonyl (C=O) groups is 3. The standard InChI is InChI=1S/C24H19FN6O4/c1-12(32)15-4-5-17(25)21(22(15)35-23(33)14-3-6-19(27)28-11-14)16-8-18(16)30-24(34)31-20-7-2-13(9-26)10-29-20/h2-7,10-11,16,18H,8H2,1H3,(H2,27,28)(H2,29,30,31,34). The molecule has 4 rings (SSSR count). The van der Waals surface area contributed by atoms with E-state index in [2.05, 4.69) is 20.6 Å². The Kier molecular flexibility index (Phi) is 6.37. The summed E-state index contributed by atoms with van der Waals surface area (Å²) < 4.78 is 20.4. The molecule has 2 atom stereocenters. The van der Waals surface area contributed by atoms with Gasteiger partial charge in [-0.2, -0.15) is 5.26 Å². The fraction of sp³-hybridized carbons (Fsp3) is 0.167. The molecule has 35 heavy (non-hydrogen) atoms. The SMILES string of the molecule is CC(=O)c1ccc(F)c(C2CC2NC(=O)Nc2ccc(C#N)cn2)c1OC(=O)c1ccc(N)nc1. The van der Waals surface area contributed by atoms with Gasteiger partial charge in [0.2, 0.25) is 0 Å². The van der Waals surface area contributed by atoms with Crippen LogP contribution in [0.5, 0.6) is 5.75 Å². The number of nitrogens with zero attached hydrogens (tertiary/aromatic N) is 3. The lowest BCUT2D eigenvalue weighted by Gasteiger charge is -2.15. The van der Waals surface area contributed by atoms with Crippen LogP contribution in [-0.4, -0.2) is 33.8 Å². The first-order valence-electron chi connectivity index (χ1n) is 10.5. The van der Waals surface area contributed by atoms with E-state index in [4.69, 9.17) is 15.7 Å². The monoisotopic (exact) mass is 474 g/mol. The van der Waals surface area contributed by atoms with E-state index in [0.717, 1.165) is 6.07 Å². The van der Waals surface area contributed by atoms with Gasteiger partial charge in [0.05, 0.1) is 16.7 Å². The van der Waals surface area contributed by atoms with Gasteiger partial charge in [0.15, 0.2) is 5.78 Å². The highest BCUT2D eigenvalue weighted by molar-refractivity contribution is 5.99. The lowest BCUT2D eigenvalue weighted by Crippen LogP contribution is -2.31. The van der Waals surface area contributed by atoms with Crippen LogP contribution in [0.3, 0.4) is 0 Å². The highest BCUT2D eigenvalue weighted by Gasteiger charge is 2.44. The minimum Gasteiger partial charge on any atom is -0.422 e. The van der Waals surface area contributed by atoms with Gasteiger partial charge in [0, 0.05) is 29.9 Å². The number of urea groups is 1. The molecule has 2 heterocycles. The first kappa shape index (κ1) is 23.3. The summed E-state index contributed by atoms with van der Waals surface area (Å²) in [5, 5.41) is 14.1. The molecule has 1 aliphatic rings. The second kappa shape index (κ2) is 9.56. The predicted octanol–water partition coefficient (Wildman–Crippen LogP) is 3.17. The van der Waals surface area contributed by atoms with Gasteiger partial charge in [-0.05, 0) is 49.7 Å². The number of halogens is 1. The van der Waals surface area contributed by atoms with Gasteiger partial charge in [-0.25, -0.2) is 23.9 Å². The van der Waals surface area contributed by atoms with Crippen LogP contribution in [-0.2, 0) is 0 Å². The number of rotatable bonds is 6. The van der Waals surface area contributed by atoms with Crippen molar-refractivity contribution in [3.8, 4) is 11.8 Å². The van der Waals surface area contributed by atoms with E-state index in [0.29, 0.717) is 12.0 Å². The van der Waals surface area contributed by atoms with Gasteiger partial charge in [-0.1, -0.05) is 0 Å². The van der Waals surface area contributed by atoms with Gasteiger partial charge in [0.25, 0.3) is 0 Å². The number of amides is 2. The number of nitrogens with one attached hydrogen (secondary N) is 2. The van der Waals surface area contributed by atoms with E-state index in [-0.39, 0.29) is 34.1 Å². The van der Waals surface area contributed by atoms with Gasteiger partial charge in [-0.3, -0.25) is 10.1 Å². The van der Waals surface area contributed by atoms with Crippen molar-refractivity contribution in [3.63, 3.8) is 0 Å². The smallest absolute Gasteiger partial charge is 0.345 e. The van der Waals surface area contributed by atoms with Crippen molar-refractivity contribution in [1.82, 2.24) is 15.3 Å². The summed E-state index contributed by atoms with van der Waals surface area (Å²) in [5.41, 5.74) is 6.02. The van der Waals surface area contributed by atoms with Crippen LogP contribution in [0.1, 0.15) is 51.1 Å². The Balaban J connectivity index is 1.53. The molecule has 1 fully saturated rings. The maximum absolute atomic E-state index is 14.9. The Hall–Kier alpha value is -4.85. The summed E-state index contributed by atoms with van der Waals surface area (Å²) in [6.07, 6.45) is 2.89. The molecule has 0 saturated heterocycles. The third kappa shape index (κ3) is 5.22. The molecule has 2 amide bonds. The summed E-state index contributed by atoms with van der Waals surface area (Å²) >= 11 is 0. The number of anilines is 2. The highest BCUT2D eigenvalue weighted by Crippen LogP contribution is 2.47. The zero-order valence-corrected chi connectivity index (χ0v) is 18.4. The molecular formula is C24H19FN6O4. The third-order valence-corrected chi connectivity index (χ3v) is 5.35. The number of Topliss-reactive ketones (excluding diaryl/α,β-unsaturated/α-hetero) is 1. The molecule has 11 heteroatoms. The average molecular weight is 474 g/mol. The zero-order valence-electron chi connectivity index (χ0n) is 18.4. The second-order valence-corrected chi connectivity index (χ2v) is 7.85. The van der Waals surface area contributed by atoms with Crippen LogP contribution >= 0.6 is 0 Å². The summed E-state index contributed by atoms with van der Waals surface area (Å²) in [6, 6.07) is 9.05. The number of carbonyl (C=O) groups excluding carboxylic acids is 3. The maximum atomic E-state index is 14.9. The molecule has 4 N–H and O–H groups in total. The number of esters is 1. The van der Waals surface area contributed by atoms with Crippen LogP contribution in [0, 0.1) is 17.1 Å². The quantitative estimate of drug-likeness (QED) is 0.279. The van der Waals surface area contributed by atoms with E-state index in [1.165, 1.54) is 49.6 Å². The fourth-order valence-electron chi connectivity index (χ4n) is 3.51. The molecule has 2 unspecified atom stereocenters. The van der Waals surface area contributed by atoms with Crippen molar-refractivity contribution in [1.29, 1.82) is 5.26 Å². The van der Waals surface area contributed by atoms with E-state index < -0.39 is 35.6 Å². The van der Waals surface area contributed by atoms with E-state index in [1.54, 1.807) is 0 Å². The molecule has 3 aromatic rings. The molecule has 1 aliphatic carbocycles. The van der Waals surface area contributed by atoms with Crippen molar-refractivity contribution < 1.29 is 23.5 Å². The number of nitrogen functional groups attached to an aromatic ring is 1. The topological polar surface area (TPSA) is 160 Å². The van der Waals surface area contributed by atoms with Crippen molar-refractivity contribution in [2.75, 3.05) is 11.1 Å². The first-order chi connectivity index (χ1) is 16.8. The Bertz CT molecular complexity index is 1350. The van der Waals surface area contributed by atoms with Crippen LogP contribution in [0.2, 0.25) is 0 Å². The minimum absolute atomic E-state index is 0.0243. The highest BCUT2D eigenvalue weighted by atomic mass is 19.1. The van der Waals surface area contributed by atoms with Crippen molar-refractivity contribution in [2.24, 2.45) is 0 Å². The fourth-order valence-corrected chi connectivity index (χ4v) is 3.51. The molecule has 1 saturated carbocycles. The number of ketones is 1. The Morgan fingerprint density at radius 2 is 1.94 bits per heavy atom. The lowest BCUT2D eigenvalue weighted by molar-refractivity contribution is 0.0730. The Labute approximate surface area is 198 Å². The Morgan fingerprint density at radius 3 is 2.57 bits per heavy atom. The van der Waals surface area contributed by atoms with Crippen molar-refractivity contribution >= 4 is 29.4 Å². The second-order valence-electron chi connectivity index (χ2n) is 7.85. The van der Waals surface area contributed by atoms with Gasteiger partial charge in [-0.15, -0.1) is 0 Å². The van der Waals surface area contributed by atoms with Crippen LogP contribution in [0.25, 0.3) is 0 Å². The summed E-state index contributed by atoms with van der Waals surface area (Å²) in [7, 11) is 0. The largest absolute Gasteiger partial charge is 0.422 e. The zero-order chi connectivity index (χ0) is 25.1. The van der Waals surface area contributed by atoms with E-state index in [1.807, 2.05) is 6.07 Å². The molecule has 2 aromatic heterocycles. The number of nitriles is 1. The number of pyridine rings is 2. The van der Waals surface area contributed by atoms with Gasteiger partial charge >= 0.3 is 12.0 Å². The van der Waals surface area contributed by atoms with E-state index >= 15 is 0 Å². The summed E-state index contributed by atoms with van der Waals surface area (Å²) in [4.78, 5) is 45.0. The molecule has 0 spiro atoms. The molecule has 0 aliphatic heterocycles. The average Bonchev–Trinajstić information content (AvgIpc) is 3.57. The third-order valence-electron chi connectivity index (χ3n) is 5.35. The lowest BCUT2D eigenvalue weighted by atomic mass is 10.0. The van der Waals surface area contributed by atoms with Crippen molar-refractivity contribution in [3.05, 3.63) is 76.9 Å². The molecular weight excluding hydrogens is 455 g/mol. The minimum atomic E-state index is -0.832. The van der Waals surface area contributed by atoms with Crippen molar-refractivity contribution in [2.45, 2.75) is 25.3 Å². The summed E-state index contributed by atoms with van der Waals surface area (Å²) in [6.45, 7) is 1.28.